The first-order valence-electron chi connectivity index (χ1n) is 7.59. The zero-order valence-electron chi connectivity index (χ0n) is 13.6. The number of nitrogens with one attached hydrogen (secondary N) is 2. The molecule has 0 aliphatic heterocycles. The molecule has 136 valence electrons. The van der Waals surface area contributed by atoms with E-state index in [1.54, 1.807) is 12.1 Å². The summed E-state index contributed by atoms with van der Waals surface area (Å²) in [5.41, 5.74) is 1.21. The van der Waals surface area contributed by atoms with Crippen LogP contribution in [0.1, 0.15) is 15.9 Å². The third-order valence-electron chi connectivity index (χ3n) is 3.47. The molecule has 2 N–H and O–H groups in total. The average molecular weight is 439 g/mol. The van der Waals surface area contributed by atoms with E-state index in [1.807, 2.05) is 0 Å². The minimum absolute atomic E-state index is 0.0282. The fraction of sp³-hybridized carbons (Fsp3) is 0.167. The van der Waals surface area contributed by atoms with Crippen LogP contribution in [0.15, 0.2) is 51.8 Å². The van der Waals surface area contributed by atoms with Crippen LogP contribution in [0.25, 0.3) is 0 Å². The van der Waals surface area contributed by atoms with Crippen molar-refractivity contribution in [1.82, 2.24) is 10.0 Å². The maximum absolute atomic E-state index is 13.2. The fourth-order valence-electron chi connectivity index (χ4n) is 2.12. The van der Waals surface area contributed by atoms with Gasteiger partial charge in [0.1, 0.15) is 5.82 Å². The molecular formula is C18H16BrFN2O3S. The van der Waals surface area contributed by atoms with Gasteiger partial charge in [-0.1, -0.05) is 12.0 Å². The zero-order valence-corrected chi connectivity index (χ0v) is 16.0. The SMILES string of the molecule is C#CCNS(=O)(=O)c1ccc(C(=O)NCCc2ccc(F)c(Br)c2)cc1. The minimum atomic E-state index is -3.68. The highest BCUT2D eigenvalue weighted by Crippen LogP contribution is 2.17. The van der Waals surface area contributed by atoms with Crippen molar-refractivity contribution in [2.75, 3.05) is 13.1 Å². The van der Waals surface area contributed by atoms with Gasteiger partial charge >= 0.3 is 0 Å². The van der Waals surface area contributed by atoms with Gasteiger partial charge in [0.05, 0.1) is 15.9 Å². The summed E-state index contributed by atoms with van der Waals surface area (Å²) >= 11 is 3.11. The number of amides is 1. The number of hydrogen-bond acceptors (Lipinski definition) is 3. The largest absolute Gasteiger partial charge is 0.352 e. The molecule has 0 radical (unpaired) electrons. The normalized spacial score (nSPS) is 11.0. The number of rotatable bonds is 7. The summed E-state index contributed by atoms with van der Waals surface area (Å²) in [6.45, 7) is 0.255. The van der Waals surface area contributed by atoms with Crippen LogP contribution in [0, 0.1) is 18.2 Å². The predicted octanol–water partition coefficient (Wildman–Crippen LogP) is 2.47. The lowest BCUT2D eigenvalue weighted by atomic mass is 10.1. The Labute approximate surface area is 160 Å². The third-order valence-corrected chi connectivity index (χ3v) is 5.50. The molecule has 0 saturated heterocycles. The van der Waals surface area contributed by atoms with E-state index in [-0.39, 0.29) is 23.2 Å². The summed E-state index contributed by atoms with van der Waals surface area (Å²) in [6.07, 6.45) is 5.57. The molecule has 2 aromatic carbocycles. The maximum atomic E-state index is 13.2. The summed E-state index contributed by atoms with van der Waals surface area (Å²) in [4.78, 5) is 12.1. The van der Waals surface area contributed by atoms with Crippen LogP contribution in [0.4, 0.5) is 4.39 Å². The summed E-state index contributed by atoms with van der Waals surface area (Å²) in [5.74, 6) is 1.52. The van der Waals surface area contributed by atoms with E-state index in [0.717, 1.165) is 5.56 Å². The van der Waals surface area contributed by atoms with Crippen molar-refractivity contribution in [2.24, 2.45) is 0 Å². The lowest BCUT2D eigenvalue weighted by Crippen LogP contribution is -2.26. The molecule has 1 amide bonds. The van der Waals surface area contributed by atoms with Crippen molar-refractivity contribution in [3.05, 3.63) is 63.9 Å². The van der Waals surface area contributed by atoms with Crippen molar-refractivity contribution >= 4 is 31.9 Å². The Morgan fingerprint density at radius 1 is 1.19 bits per heavy atom. The number of benzene rings is 2. The molecule has 2 aromatic rings. The molecule has 26 heavy (non-hydrogen) atoms. The van der Waals surface area contributed by atoms with Crippen LogP contribution in [-0.4, -0.2) is 27.4 Å². The fourth-order valence-corrected chi connectivity index (χ4v) is 3.48. The molecule has 0 aliphatic rings. The second-order valence-electron chi connectivity index (χ2n) is 5.31. The molecule has 8 heteroatoms. The minimum Gasteiger partial charge on any atom is -0.352 e. The zero-order chi connectivity index (χ0) is 19.2. The Bertz CT molecular complexity index is 938. The van der Waals surface area contributed by atoms with Gasteiger partial charge in [0.25, 0.3) is 5.91 Å². The van der Waals surface area contributed by atoms with Gasteiger partial charge in [0, 0.05) is 12.1 Å². The van der Waals surface area contributed by atoms with Crippen LogP contribution in [0.2, 0.25) is 0 Å². The van der Waals surface area contributed by atoms with Gasteiger partial charge in [0.2, 0.25) is 10.0 Å². The predicted molar refractivity (Wildman–Crippen MR) is 101 cm³/mol. The van der Waals surface area contributed by atoms with E-state index in [2.05, 4.69) is 31.9 Å². The highest BCUT2D eigenvalue weighted by atomic mass is 79.9. The first-order valence-corrected chi connectivity index (χ1v) is 9.86. The molecule has 0 heterocycles. The topological polar surface area (TPSA) is 75.3 Å². The van der Waals surface area contributed by atoms with Crippen molar-refractivity contribution < 1.29 is 17.6 Å². The van der Waals surface area contributed by atoms with E-state index in [9.17, 15) is 17.6 Å². The van der Waals surface area contributed by atoms with Crippen LogP contribution in [-0.2, 0) is 16.4 Å². The van der Waals surface area contributed by atoms with E-state index < -0.39 is 10.0 Å². The smallest absolute Gasteiger partial charge is 0.251 e. The Balaban J connectivity index is 1.93. The monoisotopic (exact) mass is 438 g/mol. The van der Waals surface area contributed by atoms with Gasteiger partial charge < -0.3 is 5.32 Å². The van der Waals surface area contributed by atoms with Gasteiger partial charge in [-0.3, -0.25) is 4.79 Å². The number of halogens is 2. The summed E-state index contributed by atoms with van der Waals surface area (Å²) in [7, 11) is -3.68. The molecule has 0 aliphatic carbocycles. The number of terminal acetylenes is 1. The second kappa shape index (κ2) is 8.94. The van der Waals surface area contributed by atoms with E-state index in [0.29, 0.717) is 23.0 Å². The highest BCUT2D eigenvalue weighted by molar-refractivity contribution is 9.10. The van der Waals surface area contributed by atoms with E-state index >= 15 is 0 Å². The molecule has 0 fully saturated rings. The Hall–Kier alpha value is -2.21. The summed E-state index contributed by atoms with van der Waals surface area (Å²) in [5, 5.41) is 2.73. The lowest BCUT2D eigenvalue weighted by Gasteiger charge is -2.08. The molecule has 5 nitrogen and oxygen atoms in total. The highest BCUT2D eigenvalue weighted by Gasteiger charge is 2.14. The summed E-state index contributed by atoms with van der Waals surface area (Å²) in [6, 6.07) is 10.2. The van der Waals surface area contributed by atoms with Gasteiger partial charge in [-0.15, -0.1) is 6.42 Å². The molecule has 0 aromatic heterocycles. The second-order valence-corrected chi connectivity index (χ2v) is 7.93. The Morgan fingerprint density at radius 3 is 2.50 bits per heavy atom. The first kappa shape index (κ1) is 20.1. The van der Waals surface area contributed by atoms with Crippen molar-refractivity contribution in [2.45, 2.75) is 11.3 Å². The van der Waals surface area contributed by atoms with Crippen molar-refractivity contribution in [3.63, 3.8) is 0 Å². The molecule has 2 rings (SSSR count). The standard InChI is InChI=1S/C18H16BrFN2O3S/c1-2-10-22-26(24,25)15-6-4-14(5-7-15)18(23)21-11-9-13-3-8-17(20)16(19)12-13/h1,3-8,12,22H,9-11H2,(H,21,23). The molecule has 0 bridgehead atoms. The van der Waals surface area contributed by atoms with Gasteiger partial charge in [-0.05, 0) is 64.3 Å². The number of sulfonamides is 1. The summed E-state index contributed by atoms with van der Waals surface area (Å²) < 4.78 is 39.6. The third kappa shape index (κ3) is 5.39. The maximum Gasteiger partial charge on any atom is 0.251 e. The number of carbonyl (C=O) groups excluding carboxylic acids is 1. The van der Waals surface area contributed by atoms with E-state index in [4.69, 9.17) is 6.42 Å². The van der Waals surface area contributed by atoms with Crippen molar-refractivity contribution in [3.8, 4) is 12.3 Å². The van der Waals surface area contributed by atoms with Crippen LogP contribution in [0.3, 0.4) is 0 Å². The first-order chi connectivity index (χ1) is 12.3. The van der Waals surface area contributed by atoms with Gasteiger partial charge in [-0.25, -0.2) is 12.8 Å². The van der Waals surface area contributed by atoms with Gasteiger partial charge in [-0.2, -0.15) is 4.72 Å². The Morgan fingerprint density at radius 2 is 1.88 bits per heavy atom. The van der Waals surface area contributed by atoms with Gasteiger partial charge in [0.15, 0.2) is 0 Å². The lowest BCUT2D eigenvalue weighted by molar-refractivity contribution is 0.0954. The quantitative estimate of drug-likeness (QED) is 0.651. The number of hydrogen-bond donors (Lipinski definition) is 2. The van der Waals surface area contributed by atoms with E-state index in [1.165, 1.54) is 30.3 Å². The number of carbonyl (C=O) groups is 1. The van der Waals surface area contributed by atoms with Crippen molar-refractivity contribution in [1.29, 1.82) is 0 Å². The molecule has 0 atom stereocenters. The average Bonchev–Trinajstić information content (AvgIpc) is 2.63. The molecule has 0 saturated carbocycles. The molecule has 0 spiro atoms. The molecular weight excluding hydrogens is 423 g/mol. The van der Waals surface area contributed by atoms with Crippen LogP contribution >= 0.6 is 15.9 Å². The molecule has 0 unspecified atom stereocenters. The Kier molecular flexibility index (Phi) is 6.91. The van der Waals surface area contributed by atoms with Crippen LogP contribution in [0.5, 0.6) is 0 Å². The van der Waals surface area contributed by atoms with Crippen LogP contribution < -0.4 is 10.0 Å².